The van der Waals surface area contributed by atoms with Gasteiger partial charge in [0.05, 0.1) is 42.6 Å². The molecule has 4 fully saturated rings. The highest BCUT2D eigenvalue weighted by atomic mass is 16.7. The molecular weight excluding hydrogens is 929 g/mol. The van der Waals surface area contributed by atoms with Crippen LogP contribution in [0.4, 0.5) is 4.79 Å². The van der Waals surface area contributed by atoms with Gasteiger partial charge in [-0.05, 0) is 70.4 Å². The number of hydrogen-bond acceptors (Lipinski definition) is 18. The SMILES string of the molecule is CCO[C@@]12CO[C@@H]1C[C@H](O)[C@@]1(C)C(=O)[C@H](O)C3=C(C)[C@@H](OC(=O)[C@H](OC(=O)CCC(=O)ON4C(=O)CCC4=O)[C@@H](NC(=O)OC(C)(C)C)c4ccccc4)C[C@@](O)([C@@H](OC(=O)c4ccccc4)C12)C3(C)C. The molecule has 20 nitrogen and oxygen atoms in total. The van der Waals surface area contributed by atoms with Crippen molar-refractivity contribution in [2.24, 2.45) is 16.7 Å². The van der Waals surface area contributed by atoms with Crippen molar-refractivity contribution < 1.29 is 86.9 Å². The van der Waals surface area contributed by atoms with Gasteiger partial charge in [0, 0.05) is 43.6 Å². The average Bonchev–Trinajstić information content (AvgIpc) is 3.62. The van der Waals surface area contributed by atoms with Gasteiger partial charge in [-0.15, -0.1) is 5.06 Å². The highest BCUT2D eigenvalue weighted by Crippen LogP contribution is 2.64. The molecule has 2 aromatic rings. The number of esters is 3. The average molecular weight is 991 g/mol. The molecule has 0 aromatic heterocycles. The van der Waals surface area contributed by atoms with Crippen molar-refractivity contribution in [3.63, 3.8) is 0 Å². The first-order valence-corrected chi connectivity index (χ1v) is 23.7. The first-order chi connectivity index (χ1) is 33.3. The molecule has 384 valence electrons. The van der Waals surface area contributed by atoms with E-state index in [9.17, 15) is 44.1 Å². The molecule has 2 aliphatic heterocycles. The predicted molar refractivity (Wildman–Crippen MR) is 244 cm³/mol. The molecule has 4 N–H and O–H groups in total. The van der Waals surface area contributed by atoms with Gasteiger partial charge in [-0.3, -0.25) is 19.2 Å². The van der Waals surface area contributed by atoms with Crippen LogP contribution in [0.15, 0.2) is 71.8 Å². The highest BCUT2D eigenvalue weighted by Gasteiger charge is 2.77. The Morgan fingerprint density at radius 3 is 2.07 bits per heavy atom. The van der Waals surface area contributed by atoms with E-state index in [2.05, 4.69) is 5.32 Å². The maximum atomic E-state index is 15.2. The molecular formula is C51H62N2O18. The number of carbonyl (C=O) groups is 8. The van der Waals surface area contributed by atoms with Gasteiger partial charge in [-0.2, -0.15) is 0 Å². The number of nitrogens with one attached hydrogen (secondary N) is 1. The summed E-state index contributed by atoms with van der Waals surface area (Å²) in [5.74, 6) is -8.34. The summed E-state index contributed by atoms with van der Waals surface area (Å²) < 4.78 is 36.4. The lowest BCUT2D eigenvalue weighted by molar-refractivity contribution is -0.356. The summed E-state index contributed by atoms with van der Waals surface area (Å²) in [7, 11) is 0. The minimum atomic E-state index is -2.38. The Labute approximate surface area is 410 Å². The van der Waals surface area contributed by atoms with Crippen LogP contribution < -0.4 is 5.32 Å². The standard InChI is InChI=1S/C51H62N2O18/c1-9-66-50-26-65-32(50)24-31(54)49(8)41(50)43(69-44(61)29-18-14-11-15-19-29)51(64)25-30(27(2)37(48(51,6)7)39(59)42(49)60)67-45(62)40(38(28-16-12-10-13-17-28)52-46(63)70-47(3,4)5)68-35(57)22-23-36(58)71-53-33(55)20-21-34(53)56/h10-19,30-32,38-41,43,54,59,64H,9,20-26H2,1-8H3,(H,52,63)/t30-,31-,32+,38-,39+,40+,41?,43-,49+,50-,51+/m0/s1. The third-order valence-corrected chi connectivity index (χ3v) is 14.6. The molecule has 3 amide bonds. The fraction of sp³-hybridized carbons (Fsp3) is 0.569. The minimum Gasteiger partial charge on any atom is -0.455 e. The molecule has 0 radical (unpaired) electrons. The number of nitrogens with zero attached hydrogens (tertiary/aromatic N) is 1. The smallest absolute Gasteiger partial charge is 0.408 e. The monoisotopic (exact) mass is 990 g/mol. The third-order valence-electron chi connectivity index (χ3n) is 14.6. The number of hydrogen-bond donors (Lipinski definition) is 4. The van der Waals surface area contributed by atoms with E-state index in [0.29, 0.717) is 5.06 Å². The lowest BCUT2D eigenvalue weighted by Crippen LogP contribution is -2.81. The molecule has 0 spiro atoms. The van der Waals surface area contributed by atoms with Gasteiger partial charge < -0.3 is 53.9 Å². The van der Waals surface area contributed by atoms with Crippen molar-refractivity contribution in [2.75, 3.05) is 13.2 Å². The van der Waals surface area contributed by atoms with Gasteiger partial charge in [0.25, 0.3) is 11.8 Å². The topological polar surface area (TPSA) is 277 Å². The molecule has 2 saturated carbocycles. The van der Waals surface area contributed by atoms with Gasteiger partial charge in [0.1, 0.15) is 41.2 Å². The third kappa shape index (κ3) is 9.71. The number of rotatable bonds is 14. The van der Waals surface area contributed by atoms with Gasteiger partial charge in [-0.1, -0.05) is 62.4 Å². The van der Waals surface area contributed by atoms with Crippen LogP contribution in [0.3, 0.4) is 0 Å². The fourth-order valence-electron chi connectivity index (χ4n) is 10.9. The number of ketones is 1. The zero-order chi connectivity index (χ0) is 52.0. The van der Waals surface area contributed by atoms with Crippen molar-refractivity contribution >= 4 is 47.6 Å². The first kappa shape index (κ1) is 52.8. The van der Waals surface area contributed by atoms with E-state index in [1.165, 1.54) is 38.1 Å². The summed E-state index contributed by atoms with van der Waals surface area (Å²) in [4.78, 5) is 114. The number of aliphatic hydroxyl groups is 3. The molecule has 2 heterocycles. The van der Waals surface area contributed by atoms with Crippen molar-refractivity contribution in [1.82, 2.24) is 10.4 Å². The number of hydroxylamine groups is 2. The second-order valence-corrected chi connectivity index (χ2v) is 20.4. The van der Waals surface area contributed by atoms with E-state index in [4.69, 9.17) is 33.3 Å². The molecule has 1 unspecified atom stereocenters. The molecule has 3 aliphatic carbocycles. The number of fused-ring (bicyclic) bond motifs is 5. The van der Waals surface area contributed by atoms with Crippen LogP contribution in [-0.4, -0.2) is 135 Å². The Bertz CT molecular complexity index is 2450. The summed E-state index contributed by atoms with van der Waals surface area (Å²) in [5, 5.41) is 41.1. The van der Waals surface area contributed by atoms with Crippen LogP contribution in [0.2, 0.25) is 0 Å². The second kappa shape index (κ2) is 19.9. The number of amides is 3. The van der Waals surface area contributed by atoms with Crippen LogP contribution in [0.1, 0.15) is 116 Å². The molecule has 2 aromatic carbocycles. The maximum absolute atomic E-state index is 15.2. The lowest BCUT2D eigenvalue weighted by atomic mass is 9.44. The Balaban J connectivity index is 1.32. The summed E-state index contributed by atoms with van der Waals surface area (Å²) in [6.07, 6.45) is -13.4. The molecule has 2 saturated heterocycles. The summed E-state index contributed by atoms with van der Waals surface area (Å²) >= 11 is 0. The van der Waals surface area contributed by atoms with E-state index >= 15 is 9.59 Å². The maximum Gasteiger partial charge on any atom is 0.408 e. The number of Topliss-reactive ketones (excluding diaryl/α,β-unsaturated/α-hetero) is 1. The minimum absolute atomic E-state index is 0.0734. The fourth-order valence-corrected chi connectivity index (χ4v) is 10.9. The number of benzene rings is 2. The molecule has 20 heteroatoms. The predicted octanol–water partition coefficient (Wildman–Crippen LogP) is 3.67. The van der Waals surface area contributed by atoms with Gasteiger partial charge in [0.2, 0.25) is 6.10 Å². The van der Waals surface area contributed by atoms with Crippen LogP contribution in [0.5, 0.6) is 0 Å². The quantitative estimate of drug-likeness (QED) is 0.0909. The zero-order valence-corrected chi connectivity index (χ0v) is 41.0. The van der Waals surface area contributed by atoms with Gasteiger partial charge in [0.15, 0.2) is 5.78 Å². The van der Waals surface area contributed by atoms with Gasteiger partial charge in [-0.25, -0.2) is 19.2 Å². The zero-order valence-electron chi connectivity index (χ0n) is 41.0. The number of alkyl carbamates (subject to hydrolysis) is 1. The number of imide groups is 1. The Kier molecular flexibility index (Phi) is 14.8. The van der Waals surface area contributed by atoms with Crippen LogP contribution >= 0.6 is 0 Å². The Morgan fingerprint density at radius 1 is 0.887 bits per heavy atom. The Hall–Kier alpha value is -6.06. The van der Waals surface area contributed by atoms with E-state index in [1.807, 2.05) is 0 Å². The molecule has 71 heavy (non-hydrogen) atoms. The molecule has 5 aliphatic rings. The number of ether oxygens (including phenoxy) is 6. The van der Waals surface area contributed by atoms with Crippen LogP contribution in [-0.2, 0) is 62.0 Å². The van der Waals surface area contributed by atoms with E-state index in [0.717, 1.165) is 0 Å². The van der Waals surface area contributed by atoms with Crippen molar-refractivity contribution in [3.05, 3.63) is 82.9 Å². The van der Waals surface area contributed by atoms with Crippen molar-refractivity contribution in [3.8, 4) is 0 Å². The normalized spacial score (nSPS) is 30.8. The largest absolute Gasteiger partial charge is 0.455 e. The Morgan fingerprint density at radius 2 is 1.49 bits per heavy atom. The highest BCUT2D eigenvalue weighted by molar-refractivity contribution is 6.01. The van der Waals surface area contributed by atoms with Crippen molar-refractivity contribution in [2.45, 2.75) is 153 Å². The molecule has 11 atom stereocenters. The number of aliphatic hydroxyl groups excluding tert-OH is 2. The van der Waals surface area contributed by atoms with E-state index in [1.54, 1.807) is 77.9 Å². The summed E-state index contributed by atoms with van der Waals surface area (Å²) in [6, 6.07) is 14.2. The summed E-state index contributed by atoms with van der Waals surface area (Å²) in [6.45, 7) is 12.5. The lowest BCUT2D eigenvalue weighted by Gasteiger charge is -2.68. The molecule has 2 bridgehead atoms. The second-order valence-electron chi connectivity index (χ2n) is 20.4. The molecule has 7 rings (SSSR count). The number of carbonyl (C=O) groups excluding carboxylic acids is 8. The van der Waals surface area contributed by atoms with Crippen LogP contribution in [0, 0.1) is 16.7 Å². The first-order valence-electron chi connectivity index (χ1n) is 23.7. The van der Waals surface area contributed by atoms with Crippen molar-refractivity contribution in [1.29, 1.82) is 0 Å². The van der Waals surface area contributed by atoms with Crippen LogP contribution in [0.25, 0.3) is 0 Å². The van der Waals surface area contributed by atoms with E-state index < -0.39 is 143 Å². The van der Waals surface area contributed by atoms with E-state index in [-0.39, 0.29) is 54.7 Å². The summed E-state index contributed by atoms with van der Waals surface area (Å²) in [5.41, 5.74) is -8.22. The van der Waals surface area contributed by atoms with Gasteiger partial charge >= 0.3 is 30.0 Å².